The van der Waals surface area contributed by atoms with Crippen LogP contribution in [0, 0.1) is 10.1 Å². The molecule has 7 nitrogen and oxygen atoms in total. The molecular formula is C14H15N3O4. The molecule has 0 saturated heterocycles. The van der Waals surface area contributed by atoms with Crippen LogP contribution in [-0.2, 0) is 13.2 Å². The lowest BCUT2D eigenvalue weighted by molar-refractivity contribution is -0.384. The highest BCUT2D eigenvalue weighted by Crippen LogP contribution is 2.26. The summed E-state index contributed by atoms with van der Waals surface area (Å²) < 4.78 is 5.59. The highest BCUT2D eigenvalue weighted by Gasteiger charge is 2.14. The van der Waals surface area contributed by atoms with E-state index in [1.54, 1.807) is 30.3 Å². The van der Waals surface area contributed by atoms with E-state index in [9.17, 15) is 15.2 Å². The minimum atomic E-state index is -0.514. The molecule has 21 heavy (non-hydrogen) atoms. The van der Waals surface area contributed by atoms with E-state index in [4.69, 9.17) is 10.6 Å². The predicted molar refractivity (Wildman–Crippen MR) is 77.6 cm³/mol. The van der Waals surface area contributed by atoms with E-state index < -0.39 is 4.92 Å². The van der Waals surface area contributed by atoms with E-state index in [0.717, 1.165) is 0 Å². The van der Waals surface area contributed by atoms with Crippen LogP contribution < -0.4 is 16.0 Å². The third-order valence-corrected chi connectivity index (χ3v) is 2.95. The molecule has 110 valence electrons. The van der Waals surface area contributed by atoms with Crippen molar-refractivity contribution in [2.24, 2.45) is 5.84 Å². The fraction of sp³-hybridized carbons (Fsp3) is 0.143. The smallest absolute Gasteiger partial charge is 0.294 e. The van der Waals surface area contributed by atoms with Gasteiger partial charge in [0.25, 0.3) is 5.69 Å². The van der Waals surface area contributed by atoms with Gasteiger partial charge < -0.3 is 15.3 Å². The Morgan fingerprint density at radius 2 is 2.05 bits per heavy atom. The van der Waals surface area contributed by atoms with Crippen LogP contribution in [0.4, 0.5) is 11.4 Å². The summed E-state index contributed by atoms with van der Waals surface area (Å²) in [5.41, 5.74) is 3.69. The second-order valence-electron chi connectivity index (χ2n) is 4.31. The molecule has 0 aromatic heterocycles. The number of nitrogen functional groups attached to an aromatic ring is 1. The number of benzene rings is 2. The third-order valence-electron chi connectivity index (χ3n) is 2.95. The van der Waals surface area contributed by atoms with Crippen molar-refractivity contribution >= 4 is 11.4 Å². The molecule has 0 aliphatic carbocycles. The first-order chi connectivity index (χ1) is 10.2. The zero-order chi connectivity index (χ0) is 15.2. The van der Waals surface area contributed by atoms with Crippen molar-refractivity contribution in [1.82, 2.24) is 0 Å². The number of hydrogen-bond acceptors (Lipinski definition) is 6. The number of rotatable bonds is 6. The standard InChI is InChI=1S/C14H15N3O4/c15-16-12-6-5-10(7-13(12)17(19)20)9-21-14-4-2-1-3-11(14)8-18/h1-7,16,18H,8-9,15H2. The lowest BCUT2D eigenvalue weighted by Gasteiger charge is -2.10. The Morgan fingerprint density at radius 1 is 1.29 bits per heavy atom. The summed E-state index contributed by atoms with van der Waals surface area (Å²) in [5, 5.41) is 20.2. The van der Waals surface area contributed by atoms with E-state index in [-0.39, 0.29) is 24.6 Å². The van der Waals surface area contributed by atoms with Gasteiger partial charge in [-0.1, -0.05) is 24.3 Å². The SMILES string of the molecule is NNc1ccc(COc2ccccc2CO)cc1[N+](=O)[O-]. The summed E-state index contributed by atoms with van der Waals surface area (Å²) in [5.74, 6) is 5.77. The number of nitrogens with zero attached hydrogens (tertiary/aromatic N) is 1. The van der Waals surface area contributed by atoms with Gasteiger partial charge in [-0.3, -0.25) is 16.0 Å². The number of nitro benzene ring substituents is 1. The van der Waals surface area contributed by atoms with Crippen LogP contribution in [0.2, 0.25) is 0 Å². The first-order valence-corrected chi connectivity index (χ1v) is 6.21. The molecule has 0 bridgehead atoms. The van der Waals surface area contributed by atoms with Crippen molar-refractivity contribution in [1.29, 1.82) is 0 Å². The predicted octanol–water partition coefficient (Wildman–Crippen LogP) is 1.95. The number of aliphatic hydroxyl groups is 1. The third kappa shape index (κ3) is 3.47. The van der Waals surface area contributed by atoms with Gasteiger partial charge >= 0.3 is 0 Å². The van der Waals surface area contributed by atoms with Crippen LogP contribution in [0.5, 0.6) is 5.75 Å². The molecule has 0 radical (unpaired) electrons. The largest absolute Gasteiger partial charge is 0.489 e. The van der Waals surface area contributed by atoms with Gasteiger partial charge in [-0.05, 0) is 17.7 Å². The number of hydrogen-bond donors (Lipinski definition) is 3. The summed E-state index contributed by atoms with van der Waals surface area (Å²) >= 11 is 0. The first-order valence-electron chi connectivity index (χ1n) is 6.21. The lowest BCUT2D eigenvalue weighted by atomic mass is 10.2. The molecule has 0 heterocycles. The molecule has 7 heteroatoms. The van der Waals surface area contributed by atoms with Crippen LogP contribution in [0.3, 0.4) is 0 Å². The number of aliphatic hydroxyl groups excluding tert-OH is 1. The molecule has 0 atom stereocenters. The fourth-order valence-corrected chi connectivity index (χ4v) is 1.88. The summed E-state index contributed by atoms with van der Waals surface area (Å²) in [6.45, 7) is 0.0229. The van der Waals surface area contributed by atoms with Crippen molar-refractivity contribution in [2.45, 2.75) is 13.2 Å². The number of nitrogens with one attached hydrogen (secondary N) is 1. The zero-order valence-corrected chi connectivity index (χ0v) is 11.2. The topological polar surface area (TPSA) is 111 Å². The van der Waals surface area contributed by atoms with E-state index in [2.05, 4.69) is 5.43 Å². The average molecular weight is 289 g/mol. The van der Waals surface area contributed by atoms with Crippen LogP contribution in [0.25, 0.3) is 0 Å². The van der Waals surface area contributed by atoms with Gasteiger partial charge in [-0.2, -0.15) is 0 Å². The number of ether oxygens (including phenoxy) is 1. The molecule has 2 rings (SSSR count). The Morgan fingerprint density at radius 3 is 2.71 bits per heavy atom. The molecule has 4 N–H and O–H groups in total. The van der Waals surface area contributed by atoms with Gasteiger partial charge in [0.15, 0.2) is 0 Å². The Labute approximate surface area is 121 Å². The van der Waals surface area contributed by atoms with E-state index in [1.165, 1.54) is 12.1 Å². The summed E-state index contributed by atoms with van der Waals surface area (Å²) in [6.07, 6.45) is 0. The molecule has 0 spiro atoms. The second kappa shape index (κ2) is 6.69. The maximum atomic E-state index is 10.9. The molecule has 2 aromatic rings. The zero-order valence-electron chi connectivity index (χ0n) is 11.2. The minimum absolute atomic E-state index is 0.117. The van der Waals surface area contributed by atoms with Crippen molar-refractivity contribution in [2.75, 3.05) is 5.43 Å². The van der Waals surface area contributed by atoms with Crippen molar-refractivity contribution in [3.8, 4) is 5.75 Å². The van der Waals surface area contributed by atoms with E-state index >= 15 is 0 Å². The van der Waals surface area contributed by atoms with Gasteiger partial charge in [0.2, 0.25) is 0 Å². The number of para-hydroxylation sites is 1. The summed E-state index contributed by atoms with van der Waals surface area (Å²) in [7, 11) is 0. The number of anilines is 1. The van der Waals surface area contributed by atoms with Crippen molar-refractivity contribution in [3.63, 3.8) is 0 Å². The Kier molecular flexibility index (Phi) is 4.70. The fourth-order valence-electron chi connectivity index (χ4n) is 1.88. The van der Waals surface area contributed by atoms with Gasteiger partial charge in [-0.15, -0.1) is 0 Å². The maximum absolute atomic E-state index is 10.9. The summed E-state index contributed by atoms with van der Waals surface area (Å²) in [4.78, 5) is 10.4. The summed E-state index contributed by atoms with van der Waals surface area (Å²) in [6, 6.07) is 11.7. The lowest BCUT2D eigenvalue weighted by Crippen LogP contribution is -2.09. The van der Waals surface area contributed by atoms with Gasteiger partial charge in [0, 0.05) is 11.6 Å². The molecule has 0 aliphatic heterocycles. The Hall–Kier alpha value is -2.64. The van der Waals surface area contributed by atoms with Crippen LogP contribution in [0.1, 0.15) is 11.1 Å². The number of hydrazine groups is 1. The van der Waals surface area contributed by atoms with Crippen LogP contribution >= 0.6 is 0 Å². The minimum Gasteiger partial charge on any atom is -0.489 e. The molecule has 0 unspecified atom stereocenters. The molecule has 0 aliphatic rings. The van der Waals surface area contributed by atoms with Crippen LogP contribution in [0.15, 0.2) is 42.5 Å². The highest BCUT2D eigenvalue weighted by molar-refractivity contribution is 5.61. The van der Waals surface area contributed by atoms with E-state index in [1.807, 2.05) is 0 Å². The van der Waals surface area contributed by atoms with Crippen molar-refractivity contribution in [3.05, 3.63) is 63.7 Å². The first kappa shape index (κ1) is 14.8. The maximum Gasteiger partial charge on any atom is 0.294 e. The van der Waals surface area contributed by atoms with Gasteiger partial charge in [0.05, 0.1) is 11.5 Å². The van der Waals surface area contributed by atoms with Crippen LogP contribution in [-0.4, -0.2) is 10.0 Å². The second-order valence-corrected chi connectivity index (χ2v) is 4.31. The molecule has 2 aromatic carbocycles. The Bertz CT molecular complexity index is 646. The van der Waals surface area contributed by atoms with E-state index in [0.29, 0.717) is 16.9 Å². The quantitative estimate of drug-likeness (QED) is 0.426. The van der Waals surface area contributed by atoms with Crippen molar-refractivity contribution < 1.29 is 14.8 Å². The monoisotopic (exact) mass is 289 g/mol. The normalized spacial score (nSPS) is 10.2. The number of nitro groups is 1. The molecular weight excluding hydrogens is 274 g/mol. The highest BCUT2D eigenvalue weighted by atomic mass is 16.6. The molecule has 0 amide bonds. The van der Waals surface area contributed by atoms with Gasteiger partial charge in [0.1, 0.15) is 18.0 Å². The van der Waals surface area contributed by atoms with Gasteiger partial charge in [-0.25, -0.2) is 0 Å². The average Bonchev–Trinajstić information content (AvgIpc) is 2.52. The molecule has 0 fully saturated rings. The molecule has 0 saturated carbocycles. The Balaban J connectivity index is 2.17. The number of nitrogens with two attached hydrogens (primary N) is 1.